The number of anilines is 1. The Bertz CT molecular complexity index is 1250. The summed E-state index contributed by atoms with van der Waals surface area (Å²) in [5.74, 6) is 0.275. The van der Waals surface area contributed by atoms with E-state index in [9.17, 15) is 18.0 Å². The van der Waals surface area contributed by atoms with E-state index in [2.05, 4.69) is 10.1 Å². The lowest BCUT2D eigenvalue weighted by Crippen LogP contribution is -2.48. The number of carbonyl (C=O) groups excluding carboxylic acids is 1. The first-order valence-electron chi connectivity index (χ1n) is 10.7. The molecule has 0 radical (unpaired) electrons. The Morgan fingerprint density at radius 2 is 1.94 bits per heavy atom. The Labute approximate surface area is 193 Å². The van der Waals surface area contributed by atoms with E-state index in [1.807, 2.05) is 19.1 Å². The number of carbonyl (C=O) groups is 1. The fourth-order valence-corrected chi connectivity index (χ4v) is 4.78. The first kappa shape index (κ1) is 22.3. The topological polar surface area (TPSA) is 82.4 Å². The normalized spacial score (nSPS) is 17.3. The molecular weight excluding hydrogens is 451 g/mol. The van der Waals surface area contributed by atoms with Crippen molar-refractivity contribution in [2.45, 2.75) is 38.0 Å². The Morgan fingerprint density at radius 1 is 1.18 bits per heavy atom. The number of aromatic nitrogens is 4. The second-order valence-electron chi connectivity index (χ2n) is 8.46. The van der Waals surface area contributed by atoms with Gasteiger partial charge in [0, 0.05) is 44.0 Å². The third-order valence-corrected chi connectivity index (χ3v) is 6.29. The van der Waals surface area contributed by atoms with Gasteiger partial charge < -0.3 is 9.47 Å². The van der Waals surface area contributed by atoms with Crippen LogP contribution in [0.25, 0.3) is 11.3 Å². The smallest absolute Gasteiger partial charge is 0.408 e. The van der Waals surface area contributed by atoms with Crippen LogP contribution < -0.4 is 9.64 Å². The van der Waals surface area contributed by atoms with E-state index in [-0.39, 0.29) is 5.91 Å². The van der Waals surface area contributed by atoms with Gasteiger partial charge in [-0.1, -0.05) is 0 Å². The van der Waals surface area contributed by atoms with Crippen molar-refractivity contribution in [2.75, 3.05) is 25.2 Å². The molecular formula is C23H22F3N5O3. The third-order valence-electron chi connectivity index (χ3n) is 6.29. The second kappa shape index (κ2) is 8.08. The van der Waals surface area contributed by atoms with Crippen LogP contribution in [-0.4, -0.2) is 52.2 Å². The number of ether oxygens (including phenoxy) is 2. The van der Waals surface area contributed by atoms with E-state index in [1.165, 1.54) is 12.4 Å². The number of fused-ring (bicyclic) bond motifs is 2. The number of methoxy groups -OCH3 is 1. The maximum Gasteiger partial charge on any atom is 0.408 e. The van der Waals surface area contributed by atoms with Gasteiger partial charge >= 0.3 is 6.18 Å². The fourth-order valence-electron chi connectivity index (χ4n) is 4.78. The zero-order chi connectivity index (χ0) is 24.1. The highest BCUT2D eigenvalue weighted by molar-refractivity contribution is 6.12. The van der Waals surface area contributed by atoms with Crippen LogP contribution in [0.15, 0.2) is 36.9 Å². The van der Waals surface area contributed by atoms with Gasteiger partial charge in [-0.25, -0.2) is 4.98 Å². The molecule has 0 aromatic carbocycles. The predicted molar refractivity (Wildman–Crippen MR) is 116 cm³/mol. The van der Waals surface area contributed by atoms with Crippen molar-refractivity contribution < 1.29 is 27.4 Å². The molecule has 34 heavy (non-hydrogen) atoms. The van der Waals surface area contributed by atoms with Gasteiger partial charge in [-0.15, -0.1) is 0 Å². The average molecular weight is 473 g/mol. The monoisotopic (exact) mass is 473 g/mol. The van der Waals surface area contributed by atoms with E-state index in [0.29, 0.717) is 54.4 Å². The van der Waals surface area contributed by atoms with Crippen LogP contribution in [-0.2, 0) is 16.8 Å². The highest BCUT2D eigenvalue weighted by atomic mass is 19.4. The van der Waals surface area contributed by atoms with Gasteiger partial charge in [0.2, 0.25) is 0 Å². The summed E-state index contributed by atoms with van der Waals surface area (Å²) in [6, 6.07) is 3.63. The minimum Gasteiger partial charge on any atom is -0.495 e. The Morgan fingerprint density at radius 3 is 2.65 bits per heavy atom. The highest BCUT2D eigenvalue weighted by Gasteiger charge is 2.53. The van der Waals surface area contributed by atoms with Crippen molar-refractivity contribution in [3.05, 3.63) is 53.7 Å². The molecule has 3 aromatic heterocycles. The summed E-state index contributed by atoms with van der Waals surface area (Å²) in [7, 11) is 1.55. The summed E-state index contributed by atoms with van der Waals surface area (Å²) >= 11 is 0. The minimum absolute atomic E-state index is 0.302. The van der Waals surface area contributed by atoms with Gasteiger partial charge in [0.25, 0.3) is 5.91 Å². The molecule has 8 nitrogen and oxygen atoms in total. The first-order chi connectivity index (χ1) is 16.2. The maximum atomic E-state index is 13.7. The van der Waals surface area contributed by atoms with Crippen molar-refractivity contribution in [2.24, 2.45) is 0 Å². The molecule has 1 saturated heterocycles. The van der Waals surface area contributed by atoms with E-state index in [0.717, 1.165) is 15.8 Å². The fraction of sp³-hybridized carbons (Fsp3) is 0.391. The molecule has 0 unspecified atom stereocenters. The van der Waals surface area contributed by atoms with Gasteiger partial charge in [0.1, 0.15) is 12.3 Å². The van der Waals surface area contributed by atoms with Crippen LogP contribution in [0.1, 0.15) is 34.5 Å². The molecule has 0 aliphatic carbocycles. The van der Waals surface area contributed by atoms with Crippen LogP contribution in [0.5, 0.6) is 5.75 Å². The van der Waals surface area contributed by atoms with Crippen molar-refractivity contribution in [1.82, 2.24) is 19.7 Å². The molecule has 2 aliphatic rings. The van der Waals surface area contributed by atoms with Crippen molar-refractivity contribution in [3.8, 4) is 17.0 Å². The Kier molecular flexibility index (Phi) is 5.31. The third kappa shape index (κ3) is 3.69. The van der Waals surface area contributed by atoms with Crippen LogP contribution in [0.3, 0.4) is 0 Å². The summed E-state index contributed by atoms with van der Waals surface area (Å²) in [4.78, 5) is 24.3. The van der Waals surface area contributed by atoms with Crippen LogP contribution in [0.2, 0.25) is 0 Å². The van der Waals surface area contributed by atoms with Gasteiger partial charge in [0.15, 0.2) is 0 Å². The Balaban J connectivity index is 1.63. The number of rotatable bonds is 4. The summed E-state index contributed by atoms with van der Waals surface area (Å²) < 4.78 is 50.3. The van der Waals surface area contributed by atoms with E-state index >= 15 is 0 Å². The van der Waals surface area contributed by atoms with Crippen molar-refractivity contribution in [3.63, 3.8) is 0 Å². The lowest BCUT2D eigenvalue weighted by atomic mass is 9.85. The van der Waals surface area contributed by atoms with Gasteiger partial charge in [-0.2, -0.15) is 18.3 Å². The van der Waals surface area contributed by atoms with Gasteiger partial charge in [0.05, 0.1) is 47.7 Å². The SMILES string of the molecule is COc1cncc(-c2cc(C)c3c(n2)C2(CCOCC2)N(c2cnn(CC(F)(F)F)c2)C3=O)c1. The van der Waals surface area contributed by atoms with Crippen molar-refractivity contribution in [1.29, 1.82) is 0 Å². The molecule has 2 aliphatic heterocycles. The highest BCUT2D eigenvalue weighted by Crippen LogP contribution is 2.48. The Hall–Kier alpha value is -3.47. The predicted octanol–water partition coefficient (Wildman–Crippen LogP) is 3.89. The number of hydrogen-bond donors (Lipinski definition) is 0. The van der Waals surface area contributed by atoms with Crippen LogP contribution >= 0.6 is 0 Å². The van der Waals surface area contributed by atoms with Gasteiger partial charge in [-0.05, 0) is 24.6 Å². The van der Waals surface area contributed by atoms with Crippen LogP contribution in [0.4, 0.5) is 18.9 Å². The zero-order valence-electron chi connectivity index (χ0n) is 18.6. The molecule has 1 spiro atoms. The number of amides is 1. The lowest BCUT2D eigenvalue weighted by Gasteiger charge is -2.40. The van der Waals surface area contributed by atoms with E-state index < -0.39 is 18.3 Å². The summed E-state index contributed by atoms with van der Waals surface area (Å²) in [6.45, 7) is 1.39. The molecule has 0 bridgehead atoms. The number of aryl methyl sites for hydroxylation is 1. The van der Waals surface area contributed by atoms with Crippen LogP contribution in [0, 0.1) is 6.92 Å². The quantitative estimate of drug-likeness (QED) is 0.572. The van der Waals surface area contributed by atoms with Gasteiger partial charge in [-0.3, -0.25) is 19.4 Å². The molecule has 11 heteroatoms. The number of pyridine rings is 2. The minimum atomic E-state index is -4.42. The standard InChI is InChI=1S/C23H22F3N5O3/c1-14-7-18(15-8-17(33-2)11-27-9-15)29-20-19(14)21(32)31(22(20)3-5-34-6-4-22)16-10-28-30(12-16)13-23(24,25)26/h7-12H,3-6,13H2,1-2H3. The largest absolute Gasteiger partial charge is 0.495 e. The number of halogens is 3. The molecule has 0 saturated carbocycles. The number of nitrogens with zero attached hydrogens (tertiary/aromatic N) is 5. The summed E-state index contributed by atoms with van der Waals surface area (Å²) in [5, 5.41) is 3.86. The molecule has 1 fully saturated rings. The molecule has 1 amide bonds. The first-order valence-corrected chi connectivity index (χ1v) is 10.7. The molecule has 5 rings (SSSR count). The zero-order valence-corrected chi connectivity index (χ0v) is 18.6. The molecule has 0 atom stereocenters. The maximum absolute atomic E-state index is 13.7. The number of hydrogen-bond acceptors (Lipinski definition) is 6. The average Bonchev–Trinajstić information content (AvgIpc) is 3.33. The molecule has 3 aromatic rings. The summed E-state index contributed by atoms with van der Waals surface area (Å²) in [5.41, 5.74) is 2.62. The molecule has 0 N–H and O–H groups in total. The summed E-state index contributed by atoms with van der Waals surface area (Å²) in [6.07, 6.45) is 2.32. The number of alkyl halides is 3. The molecule has 5 heterocycles. The second-order valence-corrected chi connectivity index (χ2v) is 8.46. The van der Waals surface area contributed by atoms with Crippen molar-refractivity contribution >= 4 is 11.6 Å². The van der Waals surface area contributed by atoms with E-state index in [1.54, 1.807) is 24.4 Å². The molecule has 178 valence electrons. The van der Waals surface area contributed by atoms with E-state index in [4.69, 9.17) is 14.5 Å². The lowest BCUT2D eigenvalue weighted by molar-refractivity contribution is -0.142.